The number of aryl methyl sites for hydroxylation is 1. The SMILES string of the molecule is Cc1c(Nc2ncc3cc(Cl)c([C@@H]4CCN([C@H]5COC[C@H]5O)C[C@H]4F)cc3n2)ccn1C. The Morgan fingerprint density at radius 2 is 2.16 bits per heavy atom. The molecule has 7 nitrogen and oxygen atoms in total. The van der Waals surface area contributed by atoms with Crippen LogP contribution in [0.25, 0.3) is 10.9 Å². The molecule has 0 bridgehead atoms. The number of rotatable bonds is 4. The Kier molecular flexibility index (Phi) is 5.79. The fraction of sp³-hybridized carbons (Fsp3) is 0.478. The molecule has 2 saturated heterocycles. The van der Waals surface area contributed by atoms with Gasteiger partial charge in [0.05, 0.1) is 36.6 Å². The minimum Gasteiger partial charge on any atom is -0.389 e. The van der Waals surface area contributed by atoms with Crippen LogP contribution in [0.4, 0.5) is 16.0 Å². The van der Waals surface area contributed by atoms with E-state index in [2.05, 4.69) is 15.3 Å². The number of piperidine rings is 1. The Morgan fingerprint density at radius 1 is 1.31 bits per heavy atom. The van der Waals surface area contributed by atoms with Crippen molar-refractivity contribution in [3.63, 3.8) is 0 Å². The van der Waals surface area contributed by atoms with Gasteiger partial charge in [0.15, 0.2) is 0 Å². The number of halogens is 2. The van der Waals surface area contributed by atoms with E-state index in [-0.39, 0.29) is 18.5 Å². The molecule has 2 aliphatic heterocycles. The number of fused-ring (bicyclic) bond motifs is 1. The number of benzene rings is 1. The first-order valence-corrected chi connectivity index (χ1v) is 11.3. The van der Waals surface area contributed by atoms with Gasteiger partial charge in [-0.25, -0.2) is 14.4 Å². The molecule has 2 N–H and O–H groups in total. The summed E-state index contributed by atoms with van der Waals surface area (Å²) in [6.07, 6.45) is 2.68. The Hall–Kier alpha value is -2.26. The highest BCUT2D eigenvalue weighted by Gasteiger charge is 2.39. The number of likely N-dealkylation sites (tertiary alicyclic amines) is 1. The molecule has 0 aliphatic carbocycles. The molecular formula is C23H27ClFN5O2. The van der Waals surface area contributed by atoms with Gasteiger partial charge in [0.1, 0.15) is 6.17 Å². The number of nitrogens with one attached hydrogen (secondary N) is 1. The lowest BCUT2D eigenvalue weighted by atomic mass is 9.86. The molecule has 0 saturated carbocycles. The first kappa shape index (κ1) is 21.6. The molecule has 32 heavy (non-hydrogen) atoms. The van der Waals surface area contributed by atoms with Crippen LogP contribution in [0.15, 0.2) is 30.6 Å². The quantitative estimate of drug-likeness (QED) is 0.621. The second-order valence-electron chi connectivity index (χ2n) is 8.76. The van der Waals surface area contributed by atoms with Gasteiger partial charge in [0.25, 0.3) is 0 Å². The second-order valence-corrected chi connectivity index (χ2v) is 9.16. The molecule has 1 aromatic carbocycles. The Labute approximate surface area is 191 Å². The molecular weight excluding hydrogens is 433 g/mol. The van der Waals surface area contributed by atoms with Gasteiger partial charge >= 0.3 is 0 Å². The molecule has 4 atom stereocenters. The standard InChI is InChI=1S/C23H27ClFN5O2/c1-13-19(4-5-29(13)2)27-23-26-9-14-7-17(24)16(8-20(14)28-23)15-3-6-30(10-18(15)25)21-11-32-12-22(21)31/h4-5,7-9,15,18,21-22,31H,3,6,10-12H2,1-2H3,(H,26,27,28)/t15-,18+,21-,22+/m0/s1. The Morgan fingerprint density at radius 3 is 2.84 bits per heavy atom. The first-order valence-electron chi connectivity index (χ1n) is 10.9. The highest BCUT2D eigenvalue weighted by molar-refractivity contribution is 6.32. The van der Waals surface area contributed by atoms with Crippen LogP contribution < -0.4 is 5.32 Å². The maximum Gasteiger partial charge on any atom is 0.227 e. The van der Waals surface area contributed by atoms with Crippen LogP contribution in [-0.4, -0.2) is 69.2 Å². The fourth-order valence-electron chi connectivity index (χ4n) is 4.73. The van der Waals surface area contributed by atoms with Gasteiger partial charge < -0.3 is 19.7 Å². The van der Waals surface area contributed by atoms with Crippen molar-refractivity contribution in [1.82, 2.24) is 19.4 Å². The predicted octanol–water partition coefficient (Wildman–Crippen LogP) is 3.56. The molecule has 170 valence electrons. The Balaban J connectivity index is 1.39. The monoisotopic (exact) mass is 459 g/mol. The third kappa shape index (κ3) is 3.96. The number of anilines is 2. The summed E-state index contributed by atoms with van der Waals surface area (Å²) >= 11 is 6.57. The van der Waals surface area contributed by atoms with Crippen LogP contribution in [-0.2, 0) is 11.8 Å². The van der Waals surface area contributed by atoms with E-state index >= 15 is 4.39 Å². The molecule has 9 heteroatoms. The van der Waals surface area contributed by atoms with Crippen LogP contribution in [0, 0.1) is 6.92 Å². The van der Waals surface area contributed by atoms with Crippen LogP contribution in [0.5, 0.6) is 0 Å². The van der Waals surface area contributed by atoms with Crippen molar-refractivity contribution in [2.75, 3.05) is 31.6 Å². The van der Waals surface area contributed by atoms with Crippen LogP contribution >= 0.6 is 11.6 Å². The number of nitrogens with zero attached hydrogens (tertiary/aromatic N) is 4. The minimum atomic E-state index is -1.09. The zero-order valence-electron chi connectivity index (χ0n) is 18.1. The van der Waals surface area contributed by atoms with Crippen molar-refractivity contribution in [2.45, 2.75) is 37.6 Å². The molecule has 5 rings (SSSR count). The summed E-state index contributed by atoms with van der Waals surface area (Å²) in [4.78, 5) is 11.1. The smallest absolute Gasteiger partial charge is 0.227 e. The van der Waals surface area contributed by atoms with Crippen LogP contribution in [0.2, 0.25) is 5.02 Å². The first-order chi connectivity index (χ1) is 15.4. The van der Waals surface area contributed by atoms with E-state index in [9.17, 15) is 5.11 Å². The van der Waals surface area contributed by atoms with Gasteiger partial charge in [-0.05, 0) is 43.7 Å². The molecule has 3 aromatic rings. The average Bonchev–Trinajstić information content (AvgIpc) is 3.34. The van der Waals surface area contributed by atoms with Gasteiger partial charge in [-0.3, -0.25) is 4.90 Å². The summed E-state index contributed by atoms with van der Waals surface area (Å²) in [6, 6.07) is 5.55. The van der Waals surface area contributed by atoms with Gasteiger partial charge in [0.2, 0.25) is 5.95 Å². The maximum atomic E-state index is 15.3. The molecule has 0 unspecified atom stereocenters. The third-order valence-corrected chi connectivity index (χ3v) is 7.12. The summed E-state index contributed by atoms with van der Waals surface area (Å²) in [6.45, 7) is 3.73. The van der Waals surface area contributed by atoms with Gasteiger partial charge in [-0.1, -0.05) is 11.6 Å². The maximum absolute atomic E-state index is 15.3. The number of aliphatic hydroxyl groups is 1. The van der Waals surface area contributed by atoms with E-state index < -0.39 is 12.3 Å². The fourth-order valence-corrected chi connectivity index (χ4v) is 5.05. The number of hydrogen-bond acceptors (Lipinski definition) is 6. The second kappa shape index (κ2) is 8.59. The lowest BCUT2D eigenvalue weighted by Crippen LogP contribution is -2.50. The van der Waals surface area contributed by atoms with E-state index in [1.165, 1.54) is 0 Å². The van der Waals surface area contributed by atoms with Gasteiger partial charge in [0, 0.05) is 48.0 Å². The number of alkyl halides is 1. The van der Waals surface area contributed by atoms with Crippen molar-refractivity contribution in [3.05, 3.63) is 46.9 Å². The summed E-state index contributed by atoms with van der Waals surface area (Å²) in [5, 5.41) is 14.7. The molecule has 2 aliphatic rings. The molecule has 0 amide bonds. The van der Waals surface area contributed by atoms with Crippen molar-refractivity contribution < 1.29 is 14.2 Å². The largest absolute Gasteiger partial charge is 0.389 e. The molecule has 2 fully saturated rings. The lowest BCUT2D eigenvalue weighted by molar-refractivity contribution is 0.0353. The van der Waals surface area contributed by atoms with E-state index in [1.807, 2.05) is 47.8 Å². The van der Waals surface area contributed by atoms with Gasteiger partial charge in [-0.15, -0.1) is 0 Å². The van der Waals surface area contributed by atoms with E-state index in [0.717, 1.165) is 27.8 Å². The summed E-state index contributed by atoms with van der Waals surface area (Å²) in [5.41, 5.74) is 3.52. The lowest BCUT2D eigenvalue weighted by Gasteiger charge is -2.39. The zero-order valence-corrected chi connectivity index (χ0v) is 18.9. The summed E-state index contributed by atoms with van der Waals surface area (Å²) in [7, 11) is 1.98. The van der Waals surface area contributed by atoms with Gasteiger partial charge in [-0.2, -0.15) is 0 Å². The van der Waals surface area contributed by atoms with Crippen molar-refractivity contribution in [2.24, 2.45) is 7.05 Å². The molecule has 0 spiro atoms. The van der Waals surface area contributed by atoms with E-state index in [4.69, 9.17) is 16.3 Å². The molecule has 0 radical (unpaired) electrons. The predicted molar refractivity (Wildman–Crippen MR) is 122 cm³/mol. The molecule has 2 aromatic heterocycles. The molecule has 4 heterocycles. The van der Waals surface area contributed by atoms with Crippen LogP contribution in [0.3, 0.4) is 0 Å². The van der Waals surface area contributed by atoms with Crippen molar-refractivity contribution in [1.29, 1.82) is 0 Å². The van der Waals surface area contributed by atoms with Crippen molar-refractivity contribution >= 4 is 34.1 Å². The Bertz CT molecular complexity index is 1140. The van der Waals surface area contributed by atoms with E-state index in [1.54, 1.807) is 6.20 Å². The van der Waals surface area contributed by atoms with Crippen molar-refractivity contribution in [3.8, 4) is 0 Å². The van der Waals surface area contributed by atoms with E-state index in [0.29, 0.717) is 37.2 Å². The highest BCUT2D eigenvalue weighted by Crippen LogP contribution is 2.37. The number of hydrogen-bond donors (Lipinski definition) is 2. The third-order valence-electron chi connectivity index (χ3n) is 6.79. The van der Waals surface area contributed by atoms with Crippen LogP contribution in [0.1, 0.15) is 23.6 Å². The normalized spacial score (nSPS) is 26.7. The number of aliphatic hydroxyl groups excluding tert-OH is 1. The average molecular weight is 460 g/mol. The minimum absolute atomic E-state index is 0.135. The zero-order chi connectivity index (χ0) is 22.4. The number of ether oxygens (including phenoxy) is 1. The topological polar surface area (TPSA) is 75.4 Å². The summed E-state index contributed by atoms with van der Waals surface area (Å²) < 4.78 is 22.6. The summed E-state index contributed by atoms with van der Waals surface area (Å²) in [5.74, 6) is 0.173. The number of aromatic nitrogens is 3. The highest BCUT2D eigenvalue weighted by atomic mass is 35.5.